The fourth-order valence-corrected chi connectivity index (χ4v) is 2.14. The van der Waals surface area contributed by atoms with E-state index in [0.717, 1.165) is 25.6 Å². The van der Waals surface area contributed by atoms with Crippen molar-refractivity contribution in [1.82, 2.24) is 15.0 Å². The number of rotatable bonds is 9. The second kappa shape index (κ2) is 8.64. The van der Waals surface area contributed by atoms with Crippen LogP contribution in [0.15, 0.2) is 0 Å². The minimum absolute atomic E-state index is 0.647. The van der Waals surface area contributed by atoms with Crippen molar-refractivity contribution >= 4 is 17.8 Å². The van der Waals surface area contributed by atoms with Gasteiger partial charge in [-0.1, -0.05) is 26.7 Å². The van der Waals surface area contributed by atoms with Crippen molar-refractivity contribution in [2.45, 2.75) is 40.5 Å². The monoisotopic (exact) mass is 294 g/mol. The third kappa shape index (κ3) is 5.02. The van der Waals surface area contributed by atoms with Crippen LogP contribution in [-0.4, -0.2) is 48.7 Å². The summed E-state index contributed by atoms with van der Waals surface area (Å²) in [6.07, 6.45) is 2.36. The van der Waals surface area contributed by atoms with Gasteiger partial charge in [-0.25, -0.2) is 0 Å². The number of aromatic nitrogens is 3. The molecule has 0 spiro atoms. The van der Waals surface area contributed by atoms with Crippen LogP contribution in [0, 0.1) is 5.92 Å². The molecule has 21 heavy (non-hydrogen) atoms. The highest BCUT2D eigenvalue weighted by atomic mass is 15.3. The predicted octanol–water partition coefficient (Wildman–Crippen LogP) is 2.63. The fraction of sp³-hybridized carbons (Fsp3) is 0.800. The Kier molecular flexibility index (Phi) is 7.19. The first-order chi connectivity index (χ1) is 10.0. The van der Waals surface area contributed by atoms with Crippen molar-refractivity contribution in [3.8, 4) is 0 Å². The van der Waals surface area contributed by atoms with Crippen molar-refractivity contribution in [1.29, 1.82) is 0 Å². The van der Waals surface area contributed by atoms with E-state index < -0.39 is 0 Å². The van der Waals surface area contributed by atoms with Gasteiger partial charge >= 0.3 is 0 Å². The van der Waals surface area contributed by atoms with Gasteiger partial charge in [0.25, 0.3) is 0 Å². The summed E-state index contributed by atoms with van der Waals surface area (Å²) in [6, 6.07) is 0. The molecule has 0 fully saturated rings. The molecule has 0 saturated heterocycles. The normalized spacial score (nSPS) is 10.8. The smallest absolute Gasteiger partial charge is 0.231 e. The van der Waals surface area contributed by atoms with Gasteiger partial charge < -0.3 is 15.1 Å². The van der Waals surface area contributed by atoms with Crippen LogP contribution in [0.4, 0.5) is 17.8 Å². The lowest BCUT2D eigenvalue weighted by atomic mass is 10.0. The zero-order valence-corrected chi connectivity index (χ0v) is 14.3. The highest BCUT2D eigenvalue weighted by molar-refractivity contribution is 5.44. The van der Waals surface area contributed by atoms with Crippen LogP contribution in [0.5, 0.6) is 0 Å². The lowest BCUT2D eigenvalue weighted by Gasteiger charge is -2.26. The van der Waals surface area contributed by atoms with Crippen LogP contribution >= 0.6 is 0 Å². The quantitative estimate of drug-likeness (QED) is 0.755. The molecule has 0 aliphatic heterocycles. The summed E-state index contributed by atoms with van der Waals surface area (Å²) in [5.41, 5.74) is 0. The largest absolute Gasteiger partial charge is 0.354 e. The van der Waals surface area contributed by atoms with Crippen molar-refractivity contribution < 1.29 is 0 Å². The van der Waals surface area contributed by atoms with Gasteiger partial charge in [0.05, 0.1) is 0 Å². The fourth-order valence-electron chi connectivity index (χ4n) is 2.14. The number of nitrogens with zero attached hydrogens (tertiary/aromatic N) is 5. The Balaban J connectivity index is 3.06. The zero-order valence-electron chi connectivity index (χ0n) is 14.3. The van der Waals surface area contributed by atoms with Gasteiger partial charge in [0.15, 0.2) is 0 Å². The predicted molar refractivity (Wildman–Crippen MR) is 90.3 cm³/mol. The van der Waals surface area contributed by atoms with Gasteiger partial charge in [-0.15, -0.1) is 0 Å². The molecule has 1 aromatic rings. The van der Waals surface area contributed by atoms with Gasteiger partial charge in [0.1, 0.15) is 0 Å². The maximum absolute atomic E-state index is 4.60. The lowest BCUT2D eigenvalue weighted by molar-refractivity contribution is 0.482. The van der Waals surface area contributed by atoms with E-state index in [1.54, 1.807) is 0 Å². The molecule has 1 aromatic heterocycles. The molecule has 1 N–H and O–H groups in total. The summed E-state index contributed by atoms with van der Waals surface area (Å²) in [7, 11) is 3.90. The van der Waals surface area contributed by atoms with E-state index in [9.17, 15) is 0 Å². The van der Waals surface area contributed by atoms with E-state index in [2.05, 4.69) is 45.9 Å². The molecule has 6 nitrogen and oxygen atoms in total. The summed E-state index contributed by atoms with van der Waals surface area (Å²) in [4.78, 5) is 17.7. The van der Waals surface area contributed by atoms with E-state index in [0.29, 0.717) is 17.8 Å². The summed E-state index contributed by atoms with van der Waals surface area (Å²) in [6.45, 7) is 11.4. The molecular formula is C15H30N6. The van der Waals surface area contributed by atoms with E-state index in [1.807, 2.05) is 25.9 Å². The molecule has 0 saturated carbocycles. The lowest BCUT2D eigenvalue weighted by Crippen LogP contribution is -2.31. The average Bonchev–Trinajstić information content (AvgIpc) is 2.48. The first kappa shape index (κ1) is 17.5. The molecule has 0 unspecified atom stereocenters. The first-order valence-corrected chi connectivity index (χ1v) is 7.97. The van der Waals surface area contributed by atoms with Gasteiger partial charge in [-0.3, -0.25) is 0 Å². The maximum Gasteiger partial charge on any atom is 0.231 e. The molecule has 1 heterocycles. The number of hydrogen-bond donors (Lipinski definition) is 1. The molecule has 0 aromatic carbocycles. The molecule has 0 aliphatic rings. The zero-order chi connectivity index (χ0) is 15.8. The Morgan fingerprint density at radius 3 is 2.05 bits per heavy atom. The highest BCUT2D eigenvalue weighted by Gasteiger charge is 2.16. The van der Waals surface area contributed by atoms with E-state index in [-0.39, 0.29) is 0 Å². The number of anilines is 3. The summed E-state index contributed by atoms with van der Waals surface area (Å²) in [5.74, 6) is 2.78. The van der Waals surface area contributed by atoms with Gasteiger partial charge in [0, 0.05) is 33.7 Å². The van der Waals surface area contributed by atoms with Crippen LogP contribution in [0.1, 0.15) is 40.5 Å². The van der Waals surface area contributed by atoms with Crippen LogP contribution in [0.2, 0.25) is 0 Å². The molecular weight excluding hydrogens is 264 g/mol. The summed E-state index contributed by atoms with van der Waals surface area (Å²) >= 11 is 0. The van der Waals surface area contributed by atoms with Crippen LogP contribution in [-0.2, 0) is 0 Å². The van der Waals surface area contributed by atoms with Crippen molar-refractivity contribution in [2.24, 2.45) is 5.92 Å². The molecule has 0 atom stereocenters. The third-order valence-corrected chi connectivity index (χ3v) is 3.64. The number of nitrogens with one attached hydrogen (secondary N) is 1. The standard InChI is InChI=1S/C15H30N6/c1-7-12(8-2)11-21(10-4)15-18-13(16-9-3)17-14(19-15)20(5)6/h12H,7-11H2,1-6H3,(H,16,17,18,19). The average molecular weight is 294 g/mol. The highest BCUT2D eigenvalue weighted by Crippen LogP contribution is 2.18. The first-order valence-electron chi connectivity index (χ1n) is 7.97. The van der Waals surface area contributed by atoms with Gasteiger partial charge in [0.2, 0.25) is 17.8 Å². The van der Waals surface area contributed by atoms with Crippen molar-refractivity contribution in [2.75, 3.05) is 48.8 Å². The Hall–Kier alpha value is -1.59. The minimum atomic E-state index is 0.647. The third-order valence-electron chi connectivity index (χ3n) is 3.64. The molecule has 6 heteroatoms. The number of hydrogen-bond acceptors (Lipinski definition) is 6. The van der Waals surface area contributed by atoms with Crippen LogP contribution in [0.3, 0.4) is 0 Å². The van der Waals surface area contributed by atoms with Gasteiger partial charge in [-0.2, -0.15) is 15.0 Å². The summed E-state index contributed by atoms with van der Waals surface area (Å²) < 4.78 is 0. The van der Waals surface area contributed by atoms with Crippen LogP contribution < -0.4 is 15.1 Å². The summed E-state index contributed by atoms with van der Waals surface area (Å²) in [5, 5.41) is 3.19. The Labute approximate surface area is 129 Å². The minimum Gasteiger partial charge on any atom is -0.354 e. The second-order valence-corrected chi connectivity index (χ2v) is 5.40. The van der Waals surface area contributed by atoms with Crippen molar-refractivity contribution in [3.05, 3.63) is 0 Å². The Bertz CT molecular complexity index is 417. The van der Waals surface area contributed by atoms with Crippen LogP contribution in [0.25, 0.3) is 0 Å². The van der Waals surface area contributed by atoms with E-state index in [4.69, 9.17) is 0 Å². The molecule has 0 aliphatic carbocycles. The molecule has 0 radical (unpaired) electrons. The Morgan fingerprint density at radius 1 is 0.952 bits per heavy atom. The molecule has 0 bridgehead atoms. The Morgan fingerprint density at radius 2 is 1.57 bits per heavy atom. The van der Waals surface area contributed by atoms with Gasteiger partial charge in [-0.05, 0) is 19.8 Å². The maximum atomic E-state index is 4.60. The second-order valence-electron chi connectivity index (χ2n) is 5.40. The topological polar surface area (TPSA) is 57.2 Å². The molecule has 1 rings (SSSR count). The molecule has 0 amide bonds. The SMILES string of the molecule is CCNc1nc(N(C)C)nc(N(CC)CC(CC)CC)n1. The van der Waals surface area contributed by atoms with Crippen molar-refractivity contribution in [3.63, 3.8) is 0 Å². The van der Waals surface area contributed by atoms with E-state index in [1.165, 1.54) is 12.8 Å². The van der Waals surface area contributed by atoms with E-state index >= 15 is 0 Å². The molecule has 120 valence electrons.